The number of nitrogens with one attached hydrogen (secondary N) is 2. The van der Waals surface area contributed by atoms with E-state index in [9.17, 15) is 4.79 Å². The first kappa shape index (κ1) is 17.1. The van der Waals surface area contributed by atoms with Crippen LogP contribution in [-0.4, -0.2) is 48.8 Å². The highest BCUT2D eigenvalue weighted by molar-refractivity contribution is 5.74. The molecule has 8 nitrogen and oxygen atoms in total. The van der Waals surface area contributed by atoms with Crippen molar-refractivity contribution >= 4 is 11.7 Å². The zero-order chi connectivity index (χ0) is 18.6. The Bertz CT molecular complexity index is 925. The maximum Gasteiger partial charge on any atom is 0.219 e. The second-order valence-corrected chi connectivity index (χ2v) is 6.46. The maximum absolute atomic E-state index is 11.8. The lowest BCUT2D eigenvalue weighted by atomic mass is 10.0. The zero-order valence-electron chi connectivity index (χ0n) is 15.1. The predicted molar refractivity (Wildman–Crippen MR) is 101 cm³/mol. The van der Waals surface area contributed by atoms with Crippen molar-refractivity contribution in [2.45, 2.75) is 26.3 Å². The van der Waals surface area contributed by atoms with E-state index in [1.807, 2.05) is 23.2 Å². The van der Waals surface area contributed by atoms with Crippen LogP contribution in [0.25, 0.3) is 11.4 Å². The normalized spacial score (nSPS) is 13.3. The van der Waals surface area contributed by atoms with Crippen molar-refractivity contribution < 1.29 is 4.79 Å². The summed E-state index contributed by atoms with van der Waals surface area (Å²) in [5.41, 5.74) is 2.89. The van der Waals surface area contributed by atoms with Gasteiger partial charge >= 0.3 is 0 Å². The number of fused-ring (bicyclic) bond motifs is 1. The number of nitrogens with zero attached hydrogens (tertiary/aromatic N) is 5. The van der Waals surface area contributed by atoms with E-state index in [0.717, 1.165) is 41.3 Å². The molecule has 0 aromatic carbocycles. The molecule has 0 atom stereocenters. The second-order valence-electron chi connectivity index (χ2n) is 6.46. The van der Waals surface area contributed by atoms with Crippen LogP contribution in [0.2, 0.25) is 0 Å². The quantitative estimate of drug-likeness (QED) is 0.717. The van der Waals surface area contributed by atoms with E-state index in [4.69, 9.17) is 9.97 Å². The Morgan fingerprint density at radius 3 is 2.85 bits per heavy atom. The summed E-state index contributed by atoms with van der Waals surface area (Å²) in [5.74, 6) is 2.48. The number of rotatable bonds is 5. The van der Waals surface area contributed by atoms with Gasteiger partial charge in [0, 0.05) is 62.3 Å². The van der Waals surface area contributed by atoms with Crippen molar-refractivity contribution in [1.82, 2.24) is 29.8 Å². The van der Waals surface area contributed by atoms with Gasteiger partial charge in [-0.15, -0.1) is 0 Å². The van der Waals surface area contributed by atoms with E-state index in [2.05, 4.69) is 20.3 Å². The average molecular weight is 363 g/mol. The lowest BCUT2D eigenvalue weighted by Crippen LogP contribution is -2.35. The third kappa shape index (κ3) is 3.79. The smallest absolute Gasteiger partial charge is 0.219 e. The fraction of sp³-hybridized carbons (Fsp3) is 0.316. The van der Waals surface area contributed by atoms with Gasteiger partial charge in [0.2, 0.25) is 5.91 Å². The van der Waals surface area contributed by atoms with Crippen molar-refractivity contribution in [3.05, 3.63) is 54.0 Å². The number of hydrogen-bond donors (Lipinski definition) is 2. The molecular weight excluding hydrogens is 342 g/mol. The van der Waals surface area contributed by atoms with Gasteiger partial charge in [0.05, 0.1) is 12.2 Å². The van der Waals surface area contributed by atoms with Gasteiger partial charge in [-0.3, -0.25) is 9.78 Å². The van der Waals surface area contributed by atoms with E-state index in [-0.39, 0.29) is 5.91 Å². The number of aromatic nitrogens is 5. The van der Waals surface area contributed by atoms with Crippen molar-refractivity contribution in [2.24, 2.45) is 0 Å². The molecule has 1 aliphatic rings. The summed E-state index contributed by atoms with van der Waals surface area (Å²) < 4.78 is 0. The highest BCUT2D eigenvalue weighted by Gasteiger charge is 2.24. The van der Waals surface area contributed by atoms with Gasteiger partial charge in [0.25, 0.3) is 0 Å². The number of amides is 1. The van der Waals surface area contributed by atoms with Crippen LogP contribution >= 0.6 is 0 Å². The largest absolute Gasteiger partial charge is 0.369 e. The van der Waals surface area contributed by atoms with Crippen LogP contribution in [0, 0.1) is 0 Å². The molecule has 4 heterocycles. The highest BCUT2D eigenvalue weighted by Crippen LogP contribution is 2.27. The van der Waals surface area contributed by atoms with Crippen LogP contribution < -0.4 is 5.32 Å². The van der Waals surface area contributed by atoms with E-state index in [1.165, 1.54) is 0 Å². The summed E-state index contributed by atoms with van der Waals surface area (Å²) >= 11 is 0. The Morgan fingerprint density at radius 2 is 2.11 bits per heavy atom. The Kier molecular flexibility index (Phi) is 4.78. The number of carbonyl (C=O) groups is 1. The predicted octanol–water partition coefficient (Wildman–Crippen LogP) is 1.82. The third-order valence-corrected chi connectivity index (χ3v) is 4.66. The minimum absolute atomic E-state index is 0.0667. The van der Waals surface area contributed by atoms with Gasteiger partial charge in [-0.05, 0) is 18.6 Å². The molecule has 0 radical (unpaired) electrons. The Morgan fingerprint density at radius 1 is 1.26 bits per heavy atom. The Labute approximate surface area is 157 Å². The van der Waals surface area contributed by atoms with Crippen molar-refractivity contribution in [1.29, 1.82) is 0 Å². The SMILES string of the molecule is CC(=O)N1CCc2c(nc(-c3ccncc3)nc2NCCc2ncc[nH]2)C1. The zero-order valence-corrected chi connectivity index (χ0v) is 15.1. The summed E-state index contributed by atoms with van der Waals surface area (Å²) in [7, 11) is 0. The van der Waals surface area contributed by atoms with Crippen LogP contribution in [0.4, 0.5) is 5.82 Å². The molecule has 8 heteroatoms. The first-order chi connectivity index (χ1) is 13.2. The van der Waals surface area contributed by atoms with Crippen LogP contribution in [0.5, 0.6) is 0 Å². The summed E-state index contributed by atoms with van der Waals surface area (Å²) in [6, 6.07) is 3.78. The van der Waals surface area contributed by atoms with Gasteiger partial charge in [-0.1, -0.05) is 0 Å². The van der Waals surface area contributed by atoms with Crippen LogP contribution in [-0.2, 0) is 24.2 Å². The number of pyridine rings is 1. The molecule has 2 N–H and O–H groups in total. The van der Waals surface area contributed by atoms with E-state index in [0.29, 0.717) is 25.5 Å². The van der Waals surface area contributed by atoms with E-state index in [1.54, 1.807) is 25.5 Å². The van der Waals surface area contributed by atoms with E-state index >= 15 is 0 Å². The first-order valence-corrected chi connectivity index (χ1v) is 8.98. The number of anilines is 1. The number of carbonyl (C=O) groups excluding carboxylic acids is 1. The average Bonchev–Trinajstić information content (AvgIpc) is 3.21. The second kappa shape index (κ2) is 7.53. The van der Waals surface area contributed by atoms with Crippen molar-refractivity contribution in [2.75, 3.05) is 18.4 Å². The van der Waals surface area contributed by atoms with Gasteiger partial charge in [-0.2, -0.15) is 0 Å². The van der Waals surface area contributed by atoms with Gasteiger partial charge in [0.15, 0.2) is 5.82 Å². The molecule has 27 heavy (non-hydrogen) atoms. The minimum atomic E-state index is 0.0667. The molecule has 0 saturated carbocycles. The van der Waals surface area contributed by atoms with Crippen LogP contribution in [0.15, 0.2) is 36.9 Å². The molecule has 0 spiro atoms. The lowest BCUT2D eigenvalue weighted by molar-refractivity contribution is -0.129. The van der Waals surface area contributed by atoms with Crippen LogP contribution in [0.3, 0.4) is 0 Å². The summed E-state index contributed by atoms with van der Waals surface area (Å²) in [4.78, 5) is 34.5. The van der Waals surface area contributed by atoms with Gasteiger partial charge < -0.3 is 15.2 Å². The minimum Gasteiger partial charge on any atom is -0.369 e. The monoisotopic (exact) mass is 363 g/mol. The summed E-state index contributed by atoms with van der Waals surface area (Å²) in [6.07, 6.45) is 8.54. The van der Waals surface area contributed by atoms with Crippen LogP contribution in [0.1, 0.15) is 24.0 Å². The topological polar surface area (TPSA) is 99.7 Å². The molecule has 3 aromatic rings. The number of hydrogen-bond acceptors (Lipinski definition) is 6. The summed E-state index contributed by atoms with van der Waals surface area (Å²) in [6.45, 7) is 3.51. The maximum atomic E-state index is 11.8. The highest BCUT2D eigenvalue weighted by atomic mass is 16.2. The molecule has 0 unspecified atom stereocenters. The van der Waals surface area contributed by atoms with Gasteiger partial charge in [0.1, 0.15) is 11.6 Å². The fourth-order valence-corrected chi connectivity index (χ4v) is 3.21. The summed E-state index contributed by atoms with van der Waals surface area (Å²) in [5, 5.41) is 3.44. The standard InChI is InChI=1S/C19H21N7O/c1-13(27)26-11-5-15-16(12-26)24-18(14-2-6-20-7-3-14)25-19(15)23-8-4-17-21-9-10-22-17/h2-3,6-7,9-10H,4-5,8,11-12H2,1H3,(H,21,22)(H,23,24,25). The molecule has 3 aromatic heterocycles. The number of imidazole rings is 1. The molecule has 0 aliphatic carbocycles. The fourth-order valence-electron chi connectivity index (χ4n) is 3.21. The first-order valence-electron chi connectivity index (χ1n) is 8.98. The van der Waals surface area contributed by atoms with Crippen molar-refractivity contribution in [3.63, 3.8) is 0 Å². The third-order valence-electron chi connectivity index (χ3n) is 4.66. The van der Waals surface area contributed by atoms with Gasteiger partial charge in [-0.25, -0.2) is 15.0 Å². The molecule has 1 aliphatic heterocycles. The molecule has 138 valence electrons. The molecule has 0 fully saturated rings. The molecule has 1 amide bonds. The number of aromatic amines is 1. The molecule has 0 saturated heterocycles. The van der Waals surface area contributed by atoms with Crippen molar-refractivity contribution in [3.8, 4) is 11.4 Å². The Balaban J connectivity index is 1.64. The Hall–Kier alpha value is -3.29. The molecule has 0 bridgehead atoms. The van der Waals surface area contributed by atoms with E-state index < -0.39 is 0 Å². The number of H-pyrrole nitrogens is 1. The molecular formula is C19H21N7O. The lowest BCUT2D eigenvalue weighted by Gasteiger charge is -2.28. The molecule has 4 rings (SSSR count).